The number of nitrogens with one attached hydrogen (secondary N) is 1. The maximum Gasteiger partial charge on any atom is 0.179 e. The van der Waals surface area contributed by atoms with Crippen LogP contribution in [0.5, 0.6) is 0 Å². The summed E-state index contributed by atoms with van der Waals surface area (Å²) in [7, 11) is 0. The normalized spacial score (nSPS) is 17.4. The number of imidazole rings is 1. The molecule has 1 N–H and O–H groups in total. The van der Waals surface area contributed by atoms with E-state index < -0.39 is 0 Å². The molecule has 0 aromatic carbocycles. The van der Waals surface area contributed by atoms with E-state index in [9.17, 15) is 0 Å². The molecule has 1 aliphatic rings. The molecular weight excluding hydrogens is 354 g/mol. The highest BCUT2D eigenvalue weighted by Crippen LogP contribution is 2.31. The summed E-state index contributed by atoms with van der Waals surface area (Å²) in [4.78, 5) is 11.4. The number of ether oxygens (including phenoxy) is 1. The number of aryl methyl sites for hydroxylation is 1. The lowest BCUT2D eigenvalue weighted by Gasteiger charge is -2.34. The van der Waals surface area contributed by atoms with Crippen LogP contribution in [-0.4, -0.2) is 55.6 Å². The molecule has 1 saturated heterocycles. The van der Waals surface area contributed by atoms with Crippen LogP contribution in [0.25, 0.3) is 28.2 Å². The average molecular weight is 375 g/mol. The maximum atomic E-state index is 5.60. The summed E-state index contributed by atoms with van der Waals surface area (Å²) in [5.74, 6) is 1.63. The number of nitrogens with zero attached hydrogens (tertiary/aromatic N) is 6. The number of hydrogen-bond acceptors (Lipinski definition) is 6. The van der Waals surface area contributed by atoms with Gasteiger partial charge < -0.3 is 9.64 Å². The van der Waals surface area contributed by atoms with Crippen LogP contribution >= 0.6 is 0 Å². The molecule has 4 aromatic rings. The van der Waals surface area contributed by atoms with Crippen LogP contribution in [0.2, 0.25) is 0 Å². The van der Waals surface area contributed by atoms with Gasteiger partial charge in [-0.1, -0.05) is 6.07 Å². The zero-order valence-electron chi connectivity index (χ0n) is 15.8. The largest absolute Gasteiger partial charge is 0.377 e. The molecule has 142 valence electrons. The van der Waals surface area contributed by atoms with Gasteiger partial charge in [-0.3, -0.25) is 10.1 Å². The van der Waals surface area contributed by atoms with Crippen LogP contribution in [0.1, 0.15) is 12.6 Å². The highest BCUT2D eigenvalue weighted by Gasteiger charge is 2.23. The van der Waals surface area contributed by atoms with Gasteiger partial charge in [0.05, 0.1) is 31.0 Å². The van der Waals surface area contributed by atoms with Crippen LogP contribution < -0.4 is 4.90 Å². The fourth-order valence-electron chi connectivity index (χ4n) is 3.60. The number of fused-ring (bicyclic) bond motifs is 1. The van der Waals surface area contributed by atoms with E-state index in [0.717, 1.165) is 46.2 Å². The molecule has 1 fully saturated rings. The van der Waals surface area contributed by atoms with Crippen molar-refractivity contribution in [3.05, 3.63) is 48.5 Å². The summed E-state index contributed by atoms with van der Waals surface area (Å²) in [5, 5.41) is 12.0. The summed E-state index contributed by atoms with van der Waals surface area (Å²) in [6, 6.07) is 8.39. The highest BCUT2D eigenvalue weighted by atomic mass is 16.5. The van der Waals surface area contributed by atoms with Crippen molar-refractivity contribution in [3.63, 3.8) is 0 Å². The number of rotatable bonds is 3. The molecule has 8 nitrogen and oxygen atoms in total. The molecule has 0 aliphatic carbocycles. The molecule has 28 heavy (non-hydrogen) atoms. The van der Waals surface area contributed by atoms with Crippen LogP contribution in [0.15, 0.2) is 42.9 Å². The molecule has 0 amide bonds. The van der Waals surface area contributed by atoms with Gasteiger partial charge in [-0.25, -0.2) is 9.50 Å². The van der Waals surface area contributed by atoms with Gasteiger partial charge in [0.15, 0.2) is 11.6 Å². The molecule has 1 aliphatic heterocycles. The third kappa shape index (κ3) is 2.82. The van der Waals surface area contributed by atoms with Crippen molar-refractivity contribution >= 4 is 11.3 Å². The van der Waals surface area contributed by atoms with E-state index in [1.807, 2.05) is 36.0 Å². The van der Waals surface area contributed by atoms with E-state index in [0.29, 0.717) is 13.2 Å². The van der Waals surface area contributed by atoms with E-state index >= 15 is 0 Å². The van der Waals surface area contributed by atoms with Gasteiger partial charge >= 0.3 is 0 Å². The Labute approximate surface area is 162 Å². The molecule has 5 rings (SSSR count). The summed E-state index contributed by atoms with van der Waals surface area (Å²) in [5.41, 5.74) is 4.83. The topological polar surface area (TPSA) is 84.2 Å². The molecule has 8 heteroatoms. The lowest BCUT2D eigenvalue weighted by molar-refractivity contribution is 0.0984. The van der Waals surface area contributed by atoms with Crippen molar-refractivity contribution in [1.29, 1.82) is 0 Å². The van der Waals surface area contributed by atoms with Crippen molar-refractivity contribution in [2.45, 2.75) is 19.9 Å². The molecule has 4 aromatic heterocycles. The van der Waals surface area contributed by atoms with Crippen LogP contribution in [0.4, 0.5) is 5.82 Å². The molecule has 0 saturated carbocycles. The fourth-order valence-corrected chi connectivity index (χ4v) is 3.60. The lowest BCUT2D eigenvalue weighted by Crippen LogP contribution is -2.44. The minimum atomic E-state index is 0.252. The second kappa shape index (κ2) is 6.72. The van der Waals surface area contributed by atoms with Gasteiger partial charge in [-0.05, 0) is 32.0 Å². The van der Waals surface area contributed by atoms with E-state index in [1.165, 1.54) is 0 Å². The van der Waals surface area contributed by atoms with Crippen molar-refractivity contribution in [2.75, 3.05) is 24.7 Å². The van der Waals surface area contributed by atoms with Crippen LogP contribution in [-0.2, 0) is 4.74 Å². The minimum absolute atomic E-state index is 0.252. The Morgan fingerprint density at radius 1 is 1.18 bits per heavy atom. The first-order valence-electron chi connectivity index (χ1n) is 9.36. The van der Waals surface area contributed by atoms with Gasteiger partial charge in [0.2, 0.25) is 0 Å². The van der Waals surface area contributed by atoms with Crippen LogP contribution in [0, 0.1) is 6.92 Å². The monoisotopic (exact) mass is 375 g/mol. The predicted octanol–water partition coefficient (Wildman–Crippen LogP) is 2.71. The first-order chi connectivity index (χ1) is 13.7. The second-order valence-electron chi connectivity index (χ2n) is 7.07. The molecule has 0 bridgehead atoms. The fraction of sp³-hybridized carbons (Fsp3) is 0.300. The Kier molecular flexibility index (Phi) is 4.05. The summed E-state index contributed by atoms with van der Waals surface area (Å²) < 4.78 is 7.49. The first kappa shape index (κ1) is 16.9. The summed E-state index contributed by atoms with van der Waals surface area (Å²) >= 11 is 0. The van der Waals surface area contributed by atoms with Crippen molar-refractivity contribution < 1.29 is 4.74 Å². The average Bonchev–Trinajstić information content (AvgIpc) is 3.38. The standard InChI is InChI=1S/C20H21N7O/c1-13-3-4-15(10-21-13)16-9-19(26-7-8-28-12-14(26)2)25-27-18(16)11-22-20(27)17-5-6-23-24-17/h3-6,9-11,14H,7-8,12H2,1-2H3,(H,23,24). The van der Waals surface area contributed by atoms with E-state index in [4.69, 9.17) is 9.84 Å². The van der Waals surface area contributed by atoms with Gasteiger partial charge in [-0.2, -0.15) is 5.10 Å². The van der Waals surface area contributed by atoms with E-state index in [1.54, 1.807) is 6.20 Å². The third-order valence-electron chi connectivity index (χ3n) is 5.12. The van der Waals surface area contributed by atoms with Gasteiger partial charge in [0.25, 0.3) is 0 Å². The number of aromatic nitrogens is 6. The Balaban J connectivity index is 1.74. The minimum Gasteiger partial charge on any atom is -0.377 e. The van der Waals surface area contributed by atoms with Crippen molar-refractivity contribution in [1.82, 2.24) is 29.8 Å². The summed E-state index contributed by atoms with van der Waals surface area (Å²) in [6.07, 6.45) is 5.47. The second-order valence-corrected chi connectivity index (χ2v) is 7.07. The van der Waals surface area contributed by atoms with Gasteiger partial charge in [-0.15, -0.1) is 5.10 Å². The Hall–Kier alpha value is -3.26. The van der Waals surface area contributed by atoms with Crippen molar-refractivity contribution in [3.8, 4) is 22.6 Å². The molecule has 0 spiro atoms. The predicted molar refractivity (Wildman–Crippen MR) is 106 cm³/mol. The lowest BCUT2D eigenvalue weighted by atomic mass is 10.1. The zero-order chi connectivity index (χ0) is 19.1. The van der Waals surface area contributed by atoms with Crippen LogP contribution in [0.3, 0.4) is 0 Å². The number of aromatic amines is 1. The molecule has 1 atom stereocenters. The number of anilines is 1. The molecule has 0 radical (unpaired) electrons. The number of morpholine rings is 1. The zero-order valence-corrected chi connectivity index (χ0v) is 15.8. The smallest absolute Gasteiger partial charge is 0.179 e. The molecule has 5 heterocycles. The van der Waals surface area contributed by atoms with Gasteiger partial charge in [0, 0.05) is 35.8 Å². The van der Waals surface area contributed by atoms with E-state index in [-0.39, 0.29) is 6.04 Å². The Morgan fingerprint density at radius 3 is 2.86 bits per heavy atom. The first-order valence-corrected chi connectivity index (χ1v) is 9.36. The maximum absolute atomic E-state index is 5.60. The Morgan fingerprint density at radius 2 is 2.11 bits per heavy atom. The van der Waals surface area contributed by atoms with Crippen molar-refractivity contribution in [2.24, 2.45) is 0 Å². The highest BCUT2D eigenvalue weighted by molar-refractivity contribution is 5.82. The number of H-pyrrole nitrogens is 1. The van der Waals surface area contributed by atoms with Gasteiger partial charge in [0.1, 0.15) is 5.69 Å². The molecule has 1 unspecified atom stereocenters. The third-order valence-corrected chi connectivity index (χ3v) is 5.12. The molecular formula is C20H21N7O. The van der Waals surface area contributed by atoms with E-state index in [2.05, 4.69) is 44.1 Å². The number of hydrogen-bond donors (Lipinski definition) is 1. The summed E-state index contributed by atoms with van der Waals surface area (Å²) in [6.45, 7) is 6.34. The quantitative estimate of drug-likeness (QED) is 0.593. The number of pyridine rings is 1. The SMILES string of the molecule is Cc1ccc(-c2cc(N3CCOCC3C)nn3c(-c4ccn[nH]4)ncc23)cn1. The Bertz CT molecular complexity index is 1100.